The Hall–Kier alpha value is -1.34. The van der Waals surface area contributed by atoms with Crippen LogP contribution in [0.2, 0.25) is 5.02 Å². The molecule has 0 fully saturated rings. The second-order valence-corrected chi connectivity index (χ2v) is 3.11. The molecule has 0 aliphatic carbocycles. The van der Waals surface area contributed by atoms with Gasteiger partial charge in [-0.05, 0) is 23.8 Å². The average molecular weight is 189 g/mol. The average Bonchev–Trinajstić information content (AvgIpc) is 2.19. The van der Waals surface area contributed by atoms with Crippen molar-refractivity contribution in [2.45, 2.75) is 0 Å². The summed E-state index contributed by atoms with van der Waals surface area (Å²) in [5.41, 5.74) is 2.01. The van der Waals surface area contributed by atoms with Crippen LogP contribution in [0.15, 0.2) is 42.6 Å². The third kappa shape index (κ3) is 1.87. The minimum atomic E-state index is 0.731. The summed E-state index contributed by atoms with van der Waals surface area (Å²) in [7, 11) is 0. The number of pyridine rings is 1. The number of hydrogen-bond acceptors (Lipinski definition) is 1. The van der Waals surface area contributed by atoms with E-state index >= 15 is 0 Å². The van der Waals surface area contributed by atoms with Crippen LogP contribution in [0.5, 0.6) is 0 Å². The Balaban J connectivity index is 2.48. The fraction of sp³-hybridized carbons (Fsp3) is 0. The molecule has 0 aliphatic rings. The summed E-state index contributed by atoms with van der Waals surface area (Å²) in [5.74, 6) is 0. The molecule has 0 unspecified atom stereocenters. The van der Waals surface area contributed by atoms with Crippen molar-refractivity contribution in [3.05, 3.63) is 53.8 Å². The van der Waals surface area contributed by atoms with Crippen molar-refractivity contribution in [1.29, 1.82) is 0 Å². The Bertz CT molecular complexity index is 398. The molecule has 63 valence electrons. The van der Waals surface area contributed by atoms with E-state index in [1.165, 1.54) is 0 Å². The Morgan fingerprint density at radius 2 is 2.08 bits per heavy atom. The lowest BCUT2D eigenvalue weighted by molar-refractivity contribution is 1.31. The standard InChI is InChI=1S/C11H7ClN/c12-11-5-1-3-9(7-11)10-4-2-6-13-8-10/h1-7H. The molecule has 13 heavy (non-hydrogen) atoms. The molecule has 1 aromatic heterocycles. The minimum Gasteiger partial charge on any atom is -0.254 e. The smallest absolute Gasteiger partial charge is 0.0970 e. The van der Waals surface area contributed by atoms with E-state index in [2.05, 4.69) is 11.2 Å². The highest BCUT2D eigenvalue weighted by atomic mass is 35.5. The van der Waals surface area contributed by atoms with Crippen LogP contribution in [0.25, 0.3) is 11.1 Å². The number of hydrogen-bond donors (Lipinski definition) is 0. The van der Waals surface area contributed by atoms with Crippen LogP contribution < -0.4 is 0 Å². The van der Waals surface area contributed by atoms with E-state index in [9.17, 15) is 0 Å². The molecule has 0 amide bonds. The molecule has 1 heterocycles. The molecule has 0 spiro atoms. The fourth-order valence-electron chi connectivity index (χ4n) is 1.14. The first-order valence-electron chi connectivity index (χ1n) is 3.95. The lowest BCUT2D eigenvalue weighted by Gasteiger charge is -1.99. The number of nitrogens with zero attached hydrogens (tertiary/aromatic N) is 1. The Labute approximate surface area is 82.0 Å². The maximum Gasteiger partial charge on any atom is 0.0970 e. The summed E-state index contributed by atoms with van der Waals surface area (Å²) in [5, 5.41) is 0.731. The van der Waals surface area contributed by atoms with E-state index in [4.69, 9.17) is 11.6 Å². The number of aromatic nitrogens is 1. The third-order valence-corrected chi connectivity index (χ3v) is 1.98. The topological polar surface area (TPSA) is 12.9 Å². The zero-order valence-corrected chi connectivity index (χ0v) is 7.62. The van der Waals surface area contributed by atoms with Gasteiger partial charge in [-0.3, -0.25) is 4.98 Å². The first-order valence-corrected chi connectivity index (χ1v) is 4.33. The van der Waals surface area contributed by atoms with Gasteiger partial charge in [-0.2, -0.15) is 0 Å². The summed E-state index contributed by atoms with van der Waals surface area (Å²) in [6, 6.07) is 11.5. The van der Waals surface area contributed by atoms with E-state index in [-0.39, 0.29) is 0 Å². The molecular formula is C11H7ClN. The van der Waals surface area contributed by atoms with Gasteiger partial charge < -0.3 is 0 Å². The van der Waals surface area contributed by atoms with Crippen LogP contribution in [0.3, 0.4) is 0 Å². The van der Waals surface area contributed by atoms with Crippen molar-refractivity contribution in [3.8, 4) is 11.1 Å². The Kier molecular flexibility index (Phi) is 2.28. The summed E-state index contributed by atoms with van der Waals surface area (Å²) >= 11 is 5.86. The molecule has 0 N–H and O–H groups in total. The maximum atomic E-state index is 5.86. The predicted octanol–water partition coefficient (Wildman–Crippen LogP) is 3.20. The van der Waals surface area contributed by atoms with Crippen LogP contribution >= 0.6 is 11.6 Å². The highest BCUT2D eigenvalue weighted by Crippen LogP contribution is 2.20. The summed E-state index contributed by atoms with van der Waals surface area (Å²) in [4.78, 5) is 3.92. The van der Waals surface area contributed by atoms with Crippen LogP contribution in [0, 0.1) is 6.20 Å². The molecule has 2 heteroatoms. The summed E-state index contributed by atoms with van der Waals surface area (Å²) < 4.78 is 0. The second kappa shape index (κ2) is 3.58. The lowest BCUT2D eigenvalue weighted by Crippen LogP contribution is -1.78. The molecule has 2 rings (SSSR count). The third-order valence-electron chi connectivity index (χ3n) is 1.74. The molecule has 2 aromatic rings. The van der Waals surface area contributed by atoms with E-state index in [1.807, 2.05) is 36.4 Å². The molecule has 0 aliphatic heterocycles. The molecule has 0 bridgehead atoms. The second-order valence-electron chi connectivity index (χ2n) is 2.67. The van der Waals surface area contributed by atoms with Gasteiger partial charge in [0.05, 0.1) is 6.20 Å². The number of rotatable bonds is 1. The van der Waals surface area contributed by atoms with E-state index in [0.717, 1.165) is 16.1 Å². The number of benzene rings is 1. The normalized spacial score (nSPS) is 9.92. The van der Waals surface area contributed by atoms with Crippen LogP contribution in [0.1, 0.15) is 0 Å². The van der Waals surface area contributed by atoms with E-state index in [1.54, 1.807) is 6.20 Å². The van der Waals surface area contributed by atoms with Gasteiger partial charge in [0.15, 0.2) is 0 Å². The van der Waals surface area contributed by atoms with Gasteiger partial charge in [0.25, 0.3) is 0 Å². The van der Waals surface area contributed by atoms with Gasteiger partial charge in [-0.1, -0.05) is 29.8 Å². The van der Waals surface area contributed by atoms with Gasteiger partial charge in [0.1, 0.15) is 0 Å². The van der Waals surface area contributed by atoms with Gasteiger partial charge >= 0.3 is 0 Å². The van der Waals surface area contributed by atoms with Crippen LogP contribution in [0.4, 0.5) is 0 Å². The minimum absolute atomic E-state index is 0.731. The quantitative estimate of drug-likeness (QED) is 0.670. The lowest BCUT2D eigenvalue weighted by atomic mass is 10.1. The molecule has 0 saturated heterocycles. The van der Waals surface area contributed by atoms with Crippen molar-refractivity contribution in [2.24, 2.45) is 0 Å². The van der Waals surface area contributed by atoms with Crippen LogP contribution in [-0.4, -0.2) is 4.98 Å². The fourth-order valence-corrected chi connectivity index (χ4v) is 1.33. The van der Waals surface area contributed by atoms with Crippen molar-refractivity contribution >= 4 is 11.6 Å². The van der Waals surface area contributed by atoms with E-state index < -0.39 is 0 Å². The van der Waals surface area contributed by atoms with Crippen LogP contribution in [-0.2, 0) is 0 Å². The van der Waals surface area contributed by atoms with Gasteiger partial charge in [0.2, 0.25) is 0 Å². The SMILES string of the molecule is Clc1cccc(-c2[c]nccc2)c1. The number of halogens is 1. The van der Waals surface area contributed by atoms with Crippen molar-refractivity contribution in [2.75, 3.05) is 0 Å². The predicted molar refractivity (Wildman–Crippen MR) is 53.5 cm³/mol. The first kappa shape index (κ1) is 8.27. The molecule has 1 aromatic carbocycles. The zero-order valence-electron chi connectivity index (χ0n) is 6.87. The monoisotopic (exact) mass is 188 g/mol. The highest BCUT2D eigenvalue weighted by molar-refractivity contribution is 6.30. The highest BCUT2D eigenvalue weighted by Gasteiger charge is 1.96. The molecule has 0 saturated carbocycles. The van der Waals surface area contributed by atoms with Gasteiger partial charge in [0, 0.05) is 16.8 Å². The first-order chi connectivity index (χ1) is 6.36. The largest absolute Gasteiger partial charge is 0.254 e. The van der Waals surface area contributed by atoms with Gasteiger partial charge in [-0.15, -0.1) is 0 Å². The van der Waals surface area contributed by atoms with Crippen molar-refractivity contribution < 1.29 is 0 Å². The molecule has 1 nitrogen and oxygen atoms in total. The van der Waals surface area contributed by atoms with Gasteiger partial charge in [-0.25, -0.2) is 0 Å². The molecule has 0 atom stereocenters. The van der Waals surface area contributed by atoms with E-state index in [0.29, 0.717) is 0 Å². The Morgan fingerprint density at radius 1 is 1.15 bits per heavy atom. The molecule has 1 radical (unpaired) electrons. The summed E-state index contributed by atoms with van der Waals surface area (Å²) in [6.07, 6.45) is 4.61. The molecular weight excluding hydrogens is 182 g/mol. The van der Waals surface area contributed by atoms with Crippen molar-refractivity contribution in [3.63, 3.8) is 0 Å². The Morgan fingerprint density at radius 3 is 2.77 bits per heavy atom. The summed E-state index contributed by atoms with van der Waals surface area (Å²) in [6.45, 7) is 0. The zero-order chi connectivity index (χ0) is 9.10. The van der Waals surface area contributed by atoms with Crippen molar-refractivity contribution in [1.82, 2.24) is 4.98 Å². The maximum absolute atomic E-state index is 5.86.